The van der Waals surface area contributed by atoms with E-state index >= 15 is 0 Å². The minimum Gasteiger partial charge on any atom is -0.312 e. The Morgan fingerprint density at radius 2 is 2.17 bits per heavy atom. The molecular formula is C15H24N2S. The fourth-order valence-corrected chi connectivity index (χ4v) is 4.06. The summed E-state index contributed by atoms with van der Waals surface area (Å²) in [4.78, 5) is 2.50. The Kier molecular flexibility index (Phi) is 4.71. The molecule has 0 spiro atoms. The molecule has 2 nitrogen and oxygen atoms in total. The average Bonchev–Trinajstić information content (AvgIpc) is 2.34. The van der Waals surface area contributed by atoms with E-state index in [1.165, 1.54) is 34.7 Å². The van der Waals surface area contributed by atoms with Crippen molar-refractivity contribution >= 4 is 11.8 Å². The molecule has 1 fully saturated rings. The van der Waals surface area contributed by atoms with Crippen molar-refractivity contribution in [2.45, 2.75) is 25.9 Å². The van der Waals surface area contributed by atoms with Gasteiger partial charge in [0.2, 0.25) is 0 Å². The van der Waals surface area contributed by atoms with E-state index in [0.717, 1.165) is 0 Å². The van der Waals surface area contributed by atoms with Gasteiger partial charge in [0.25, 0.3) is 0 Å². The zero-order valence-electron chi connectivity index (χ0n) is 11.9. The standard InChI is InChI=1S/C15H24N2S/c1-11-5-6-13(12(2)9-11)15(16-3)14-10-18-8-7-17(14)4/h5-6,9,14-16H,7-8,10H2,1-4H3. The van der Waals surface area contributed by atoms with E-state index in [1.54, 1.807) is 0 Å². The molecule has 0 bridgehead atoms. The predicted molar refractivity (Wildman–Crippen MR) is 81.5 cm³/mol. The molecule has 1 aliphatic rings. The fourth-order valence-electron chi connectivity index (χ4n) is 2.79. The lowest BCUT2D eigenvalue weighted by molar-refractivity contribution is 0.221. The second-order valence-corrected chi connectivity index (χ2v) is 6.40. The molecular weight excluding hydrogens is 240 g/mol. The molecule has 2 rings (SSSR count). The summed E-state index contributed by atoms with van der Waals surface area (Å²) in [7, 11) is 4.33. The van der Waals surface area contributed by atoms with E-state index in [1.807, 2.05) is 0 Å². The van der Waals surface area contributed by atoms with Gasteiger partial charge >= 0.3 is 0 Å². The fraction of sp³-hybridized carbons (Fsp3) is 0.600. The maximum Gasteiger partial charge on any atom is 0.0486 e. The minimum atomic E-state index is 0.434. The highest BCUT2D eigenvalue weighted by Gasteiger charge is 2.28. The number of likely N-dealkylation sites (N-methyl/N-ethyl adjacent to an activating group) is 2. The van der Waals surface area contributed by atoms with Crippen molar-refractivity contribution in [3.8, 4) is 0 Å². The van der Waals surface area contributed by atoms with Crippen molar-refractivity contribution in [2.24, 2.45) is 0 Å². The Morgan fingerprint density at radius 3 is 2.78 bits per heavy atom. The Labute approximate surface area is 115 Å². The topological polar surface area (TPSA) is 15.3 Å². The van der Waals surface area contributed by atoms with Gasteiger partial charge in [-0.1, -0.05) is 23.8 Å². The number of hydrogen-bond donors (Lipinski definition) is 1. The molecule has 1 aromatic rings. The lowest BCUT2D eigenvalue weighted by atomic mass is 9.94. The summed E-state index contributed by atoms with van der Waals surface area (Å²) in [6.07, 6.45) is 0. The summed E-state index contributed by atoms with van der Waals surface area (Å²) in [5, 5.41) is 3.52. The third-order valence-electron chi connectivity index (χ3n) is 3.90. The Bertz CT molecular complexity index is 405. The van der Waals surface area contributed by atoms with Crippen LogP contribution in [-0.4, -0.2) is 43.1 Å². The van der Waals surface area contributed by atoms with Gasteiger partial charge in [-0.3, -0.25) is 4.90 Å². The lowest BCUT2D eigenvalue weighted by Crippen LogP contribution is -2.47. The summed E-state index contributed by atoms with van der Waals surface area (Å²) in [6.45, 7) is 5.58. The van der Waals surface area contributed by atoms with Gasteiger partial charge in [0.15, 0.2) is 0 Å². The Morgan fingerprint density at radius 1 is 1.39 bits per heavy atom. The smallest absolute Gasteiger partial charge is 0.0486 e. The van der Waals surface area contributed by atoms with Gasteiger partial charge in [-0.25, -0.2) is 0 Å². The number of nitrogens with zero attached hydrogens (tertiary/aromatic N) is 1. The monoisotopic (exact) mass is 264 g/mol. The number of thioether (sulfide) groups is 1. The van der Waals surface area contributed by atoms with E-state index in [-0.39, 0.29) is 0 Å². The van der Waals surface area contributed by atoms with Gasteiger partial charge < -0.3 is 5.32 Å². The quantitative estimate of drug-likeness (QED) is 0.903. The first kappa shape index (κ1) is 13.9. The minimum absolute atomic E-state index is 0.434. The van der Waals surface area contributed by atoms with Gasteiger partial charge in [-0.2, -0.15) is 11.8 Å². The van der Waals surface area contributed by atoms with Crippen molar-refractivity contribution < 1.29 is 0 Å². The van der Waals surface area contributed by atoms with Gasteiger partial charge in [0, 0.05) is 30.1 Å². The SMILES string of the molecule is CNC(c1ccc(C)cc1C)C1CSCCN1C. The Balaban J connectivity index is 2.26. The van der Waals surface area contributed by atoms with Crippen LogP contribution in [0.2, 0.25) is 0 Å². The molecule has 0 saturated carbocycles. The molecule has 1 heterocycles. The molecule has 0 amide bonds. The summed E-state index contributed by atoms with van der Waals surface area (Å²) in [6, 6.07) is 7.83. The second-order valence-electron chi connectivity index (χ2n) is 5.25. The maximum absolute atomic E-state index is 3.52. The van der Waals surface area contributed by atoms with E-state index in [4.69, 9.17) is 0 Å². The number of rotatable bonds is 3. The maximum atomic E-state index is 3.52. The summed E-state index contributed by atoms with van der Waals surface area (Å²) in [5.41, 5.74) is 4.19. The zero-order valence-corrected chi connectivity index (χ0v) is 12.7. The van der Waals surface area contributed by atoms with Crippen molar-refractivity contribution in [3.63, 3.8) is 0 Å². The van der Waals surface area contributed by atoms with Crippen LogP contribution in [0.15, 0.2) is 18.2 Å². The van der Waals surface area contributed by atoms with Crippen molar-refractivity contribution in [1.82, 2.24) is 10.2 Å². The summed E-state index contributed by atoms with van der Waals surface area (Å²) >= 11 is 2.07. The lowest BCUT2D eigenvalue weighted by Gasteiger charge is -2.38. The molecule has 3 heteroatoms. The summed E-state index contributed by atoms with van der Waals surface area (Å²) < 4.78 is 0. The van der Waals surface area contributed by atoms with E-state index < -0.39 is 0 Å². The van der Waals surface area contributed by atoms with Crippen molar-refractivity contribution in [3.05, 3.63) is 34.9 Å². The van der Waals surface area contributed by atoms with Gasteiger partial charge in [0.05, 0.1) is 0 Å². The molecule has 0 aliphatic carbocycles. The molecule has 0 aromatic heterocycles. The third-order valence-corrected chi connectivity index (χ3v) is 4.95. The first-order valence-electron chi connectivity index (χ1n) is 6.66. The van der Waals surface area contributed by atoms with Gasteiger partial charge in [-0.15, -0.1) is 0 Å². The molecule has 0 radical (unpaired) electrons. The third kappa shape index (κ3) is 2.90. The van der Waals surface area contributed by atoms with Crippen LogP contribution in [0.25, 0.3) is 0 Å². The highest BCUT2D eigenvalue weighted by molar-refractivity contribution is 7.99. The molecule has 1 aromatic carbocycles. The molecule has 2 unspecified atom stereocenters. The van der Waals surface area contributed by atoms with Crippen LogP contribution in [0.5, 0.6) is 0 Å². The highest BCUT2D eigenvalue weighted by atomic mass is 32.2. The van der Waals surface area contributed by atoms with E-state index in [2.05, 4.69) is 68.1 Å². The number of hydrogen-bond acceptors (Lipinski definition) is 3. The number of benzene rings is 1. The Hall–Kier alpha value is -0.510. The average molecular weight is 264 g/mol. The molecule has 18 heavy (non-hydrogen) atoms. The van der Waals surface area contributed by atoms with Crippen LogP contribution in [0.1, 0.15) is 22.7 Å². The van der Waals surface area contributed by atoms with Gasteiger partial charge in [-0.05, 0) is 39.1 Å². The second kappa shape index (κ2) is 6.09. The normalized spacial score (nSPS) is 23.0. The molecule has 1 saturated heterocycles. The van der Waals surface area contributed by atoms with Crippen LogP contribution in [0.4, 0.5) is 0 Å². The predicted octanol–water partition coefficient (Wildman–Crippen LogP) is 2.61. The number of nitrogens with one attached hydrogen (secondary N) is 1. The van der Waals surface area contributed by atoms with Crippen molar-refractivity contribution in [2.75, 3.05) is 32.1 Å². The first-order chi connectivity index (χ1) is 8.63. The molecule has 1 N–H and O–H groups in total. The van der Waals surface area contributed by atoms with Crippen LogP contribution >= 0.6 is 11.8 Å². The first-order valence-corrected chi connectivity index (χ1v) is 7.81. The van der Waals surface area contributed by atoms with Gasteiger partial charge in [0.1, 0.15) is 0 Å². The van der Waals surface area contributed by atoms with Crippen LogP contribution < -0.4 is 5.32 Å². The van der Waals surface area contributed by atoms with Crippen LogP contribution in [-0.2, 0) is 0 Å². The molecule has 100 valence electrons. The molecule has 1 aliphatic heterocycles. The highest BCUT2D eigenvalue weighted by Crippen LogP contribution is 2.28. The molecule has 2 atom stereocenters. The van der Waals surface area contributed by atoms with Crippen LogP contribution in [0.3, 0.4) is 0 Å². The van der Waals surface area contributed by atoms with Crippen molar-refractivity contribution in [1.29, 1.82) is 0 Å². The van der Waals surface area contributed by atoms with Crippen LogP contribution in [0, 0.1) is 13.8 Å². The summed E-state index contributed by atoms with van der Waals surface area (Å²) in [5.74, 6) is 2.48. The van der Waals surface area contributed by atoms with E-state index in [0.29, 0.717) is 12.1 Å². The largest absolute Gasteiger partial charge is 0.312 e. The zero-order chi connectivity index (χ0) is 13.1. The van der Waals surface area contributed by atoms with E-state index in [9.17, 15) is 0 Å². The number of aryl methyl sites for hydroxylation is 2.